The molecule has 2 heteroatoms. The van der Waals surface area contributed by atoms with Gasteiger partial charge in [-0.1, -0.05) is 45.3 Å². The van der Waals surface area contributed by atoms with E-state index in [1.165, 1.54) is 19.3 Å². The minimum absolute atomic E-state index is 0.694. The van der Waals surface area contributed by atoms with Crippen LogP contribution < -0.4 is 0 Å². The van der Waals surface area contributed by atoms with Gasteiger partial charge in [-0.25, -0.2) is 0 Å². The van der Waals surface area contributed by atoms with E-state index in [4.69, 9.17) is 0 Å². The molecule has 0 radical (unpaired) electrons. The molecule has 0 aromatic heterocycles. The van der Waals surface area contributed by atoms with Gasteiger partial charge >= 0.3 is 29.1 Å². The average Bonchev–Trinajstić information content (AvgIpc) is 2.00. The molecule has 64 valence electrons. The average molecular weight is 202 g/mol. The molecule has 0 amide bonds. The molecule has 1 heterocycles. The number of hydrogen-bond acceptors (Lipinski definition) is 0. The summed E-state index contributed by atoms with van der Waals surface area (Å²) in [7, 11) is -0.694. The fourth-order valence-corrected chi connectivity index (χ4v) is 4.31. The van der Waals surface area contributed by atoms with Crippen LogP contribution in [0.5, 0.6) is 0 Å². The summed E-state index contributed by atoms with van der Waals surface area (Å²) in [5, 5.41) is 0. The molecule has 1 unspecified atom stereocenters. The Morgan fingerprint density at radius 3 is 2.00 bits per heavy atom. The summed E-state index contributed by atoms with van der Waals surface area (Å²) < 4.78 is 2.06. The molecule has 0 aromatic rings. The van der Waals surface area contributed by atoms with Crippen LogP contribution in [0.15, 0.2) is 0 Å². The summed E-state index contributed by atoms with van der Waals surface area (Å²) in [5.74, 6) is 0. The molecule has 0 N–H and O–H groups in total. The van der Waals surface area contributed by atoms with Crippen molar-refractivity contribution in [3.63, 3.8) is 0 Å². The Morgan fingerprint density at radius 2 is 1.73 bits per heavy atom. The van der Waals surface area contributed by atoms with Gasteiger partial charge in [-0.3, -0.25) is 0 Å². The van der Waals surface area contributed by atoms with Crippen molar-refractivity contribution in [3.05, 3.63) is 0 Å². The zero-order valence-corrected chi connectivity index (χ0v) is 11.3. The second-order valence-electron chi connectivity index (χ2n) is 4.14. The molecule has 0 aliphatic carbocycles. The van der Waals surface area contributed by atoms with Crippen molar-refractivity contribution in [3.8, 4) is 0 Å². The van der Waals surface area contributed by atoms with Crippen molar-refractivity contribution in [2.45, 2.75) is 55.5 Å². The first-order valence-electron chi connectivity index (χ1n) is 4.71. The Bertz CT molecular complexity index is 102. The fraction of sp³-hybridized carbons (Fsp3) is 1.00. The second-order valence-corrected chi connectivity index (χ2v) is 9.60. The van der Waals surface area contributed by atoms with Gasteiger partial charge in [0.15, 0.2) is 0 Å². The van der Waals surface area contributed by atoms with Crippen molar-refractivity contribution in [2.24, 2.45) is 0 Å². The number of hydrogen-bond donors (Lipinski definition) is 0. The van der Waals surface area contributed by atoms with E-state index in [1.54, 1.807) is 30.4 Å². The molecule has 1 saturated heterocycles. The molecule has 0 nitrogen and oxygen atoms in total. The van der Waals surface area contributed by atoms with E-state index < -0.39 is 8.07 Å². The van der Waals surface area contributed by atoms with E-state index in [2.05, 4.69) is 24.7 Å². The molecule has 1 rings (SSSR count). The normalized spacial score (nSPS) is 28.5. The standard InChI is InChI=1S/C8H18Si.CH3.Sc/c1-8-6-4-5-7-9(8,2)3;;/h8H,4-7H2,1-3H3;1H3;. The molecule has 1 atom stereocenters. The van der Waals surface area contributed by atoms with Crippen LogP contribution in [0.25, 0.3) is 0 Å². The predicted octanol–water partition coefficient (Wildman–Crippen LogP) is 3.85. The molecule has 0 saturated carbocycles. The van der Waals surface area contributed by atoms with Crippen molar-refractivity contribution in [1.82, 2.24) is 0 Å². The van der Waals surface area contributed by atoms with Crippen LogP contribution in [0.3, 0.4) is 0 Å². The first-order valence-corrected chi connectivity index (χ1v) is 9.79. The Kier molecular flexibility index (Phi) is 6.25. The first-order chi connectivity index (χ1) is 5.13. The van der Waals surface area contributed by atoms with Crippen molar-refractivity contribution >= 4 is 8.07 Å². The maximum atomic E-state index is 2.54. The summed E-state index contributed by atoms with van der Waals surface area (Å²) in [6.07, 6.45) is 4.53. The SMILES string of the molecule is CC1CCCC[Si]1(C)C.[CH3][Sc]. The predicted molar refractivity (Wildman–Crippen MR) is 51.4 cm³/mol. The van der Waals surface area contributed by atoms with Crippen LogP contribution >= 0.6 is 0 Å². The summed E-state index contributed by atoms with van der Waals surface area (Å²) >= 11 is 1.69. The maximum absolute atomic E-state index is 2.54. The van der Waals surface area contributed by atoms with E-state index in [-0.39, 0.29) is 0 Å². The zero-order valence-electron chi connectivity index (χ0n) is 8.48. The third-order valence-electron chi connectivity index (χ3n) is 3.04. The molecule has 11 heavy (non-hydrogen) atoms. The van der Waals surface area contributed by atoms with Crippen molar-refractivity contribution in [2.75, 3.05) is 0 Å². The van der Waals surface area contributed by atoms with Gasteiger partial charge in [0.25, 0.3) is 0 Å². The third-order valence-corrected chi connectivity index (χ3v) is 7.64. The molecule has 0 spiro atoms. The van der Waals surface area contributed by atoms with Crippen LogP contribution in [-0.4, -0.2) is 8.07 Å². The van der Waals surface area contributed by atoms with Gasteiger partial charge in [0.2, 0.25) is 0 Å². The van der Waals surface area contributed by atoms with Crippen LogP contribution in [-0.2, 0) is 24.4 Å². The molecule has 1 aliphatic rings. The molecule has 1 fully saturated rings. The summed E-state index contributed by atoms with van der Waals surface area (Å²) in [5.41, 5.74) is 1.09. The molecule has 0 aromatic carbocycles. The van der Waals surface area contributed by atoms with E-state index in [0.717, 1.165) is 5.54 Å². The second kappa shape index (κ2) is 5.68. The third kappa shape index (κ3) is 4.02. The van der Waals surface area contributed by atoms with E-state index in [0.29, 0.717) is 0 Å². The van der Waals surface area contributed by atoms with Gasteiger partial charge in [-0.05, 0) is 5.54 Å². The van der Waals surface area contributed by atoms with Crippen LogP contribution in [0.2, 0.25) is 29.4 Å². The van der Waals surface area contributed by atoms with E-state index in [1.807, 2.05) is 0 Å². The summed E-state index contributed by atoms with van der Waals surface area (Å²) in [6.45, 7) is 7.53. The quantitative estimate of drug-likeness (QED) is 0.523. The molecule has 1 aliphatic heterocycles. The van der Waals surface area contributed by atoms with Crippen LogP contribution in [0.4, 0.5) is 0 Å². The van der Waals surface area contributed by atoms with Gasteiger partial charge in [-0.2, -0.15) is 0 Å². The Balaban J connectivity index is 0.000000461. The zero-order chi connectivity index (χ0) is 8.91. The van der Waals surface area contributed by atoms with E-state index in [9.17, 15) is 0 Å². The van der Waals surface area contributed by atoms with Gasteiger partial charge in [0.05, 0.1) is 8.07 Å². The number of rotatable bonds is 0. The van der Waals surface area contributed by atoms with Crippen molar-refractivity contribution < 1.29 is 24.4 Å². The summed E-state index contributed by atoms with van der Waals surface area (Å²) in [4.78, 5) is 0. The van der Waals surface area contributed by atoms with Crippen molar-refractivity contribution in [1.29, 1.82) is 0 Å². The van der Waals surface area contributed by atoms with Crippen LogP contribution in [0.1, 0.15) is 26.2 Å². The van der Waals surface area contributed by atoms with Gasteiger partial charge < -0.3 is 0 Å². The summed E-state index contributed by atoms with van der Waals surface area (Å²) in [6, 6.07) is 1.58. The molecular weight excluding hydrogens is 181 g/mol. The molecule has 0 bridgehead atoms. The van der Waals surface area contributed by atoms with Gasteiger partial charge in [0, 0.05) is 0 Å². The van der Waals surface area contributed by atoms with Crippen LogP contribution in [0, 0.1) is 0 Å². The van der Waals surface area contributed by atoms with Gasteiger partial charge in [0.1, 0.15) is 0 Å². The monoisotopic (exact) mass is 202 g/mol. The Morgan fingerprint density at radius 1 is 1.18 bits per heavy atom. The fourth-order valence-electron chi connectivity index (χ4n) is 1.67. The Hall–Kier alpha value is 1.09. The Labute approximate surface area is 87.7 Å². The minimum atomic E-state index is -0.694. The first kappa shape index (κ1) is 12.1. The van der Waals surface area contributed by atoms with Gasteiger partial charge in [-0.15, -0.1) is 0 Å². The molecular formula is C9H21ScSi. The topological polar surface area (TPSA) is 0 Å². The van der Waals surface area contributed by atoms with E-state index >= 15 is 0 Å².